The molecule has 1 aromatic carbocycles. The summed E-state index contributed by atoms with van der Waals surface area (Å²) in [5.41, 5.74) is 3.17. The fraction of sp³-hybridized carbons (Fsp3) is 0.300. The van der Waals surface area contributed by atoms with Crippen molar-refractivity contribution in [3.05, 3.63) is 69.7 Å². The van der Waals surface area contributed by atoms with Gasteiger partial charge in [-0.2, -0.15) is 5.10 Å². The minimum atomic E-state index is -0.0324. The standard InChI is InChI=1S/C20H23N3OS/c1-3-8-18-15(4-2)13-19(25-18)20(24)22-17-10-6-5-9-16(17)14-23-12-7-11-21-23/h5-7,9-13H,3-4,8,14H2,1-2H3,(H,22,24). The van der Waals surface area contributed by atoms with E-state index >= 15 is 0 Å². The van der Waals surface area contributed by atoms with Crippen LogP contribution in [0.25, 0.3) is 0 Å². The number of nitrogens with zero attached hydrogens (tertiary/aromatic N) is 2. The summed E-state index contributed by atoms with van der Waals surface area (Å²) in [7, 11) is 0. The van der Waals surface area contributed by atoms with Crippen LogP contribution in [0.1, 0.15) is 45.9 Å². The van der Waals surface area contributed by atoms with E-state index in [1.54, 1.807) is 17.5 Å². The van der Waals surface area contributed by atoms with Crippen LogP contribution < -0.4 is 5.32 Å². The number of aromatic nitrogens is 2. The van der Waals surface area contributed by atoms with Gasteiger partial charge in [-0.05, 0) is 42.2 Å². The minimum Gasteiger partial charge on any atom is -0.321 e. The third kappa shape index (κ3) is 4.17. The Labute approximate surface area is 152 Å². The smallest absolute Gasteiger partial charge is 0.265 e. The van der Waals surface area contributed by atoms with E-state index in [2.05, 4.69) is 24.3 Å². The van der Waals surface area contributed by atoms with Gasteiger partial charge in [-0.3, -0.25) is 9.48 Å². The molecule has 130 valence electrons. The van der Waals surface area contributed by atoms with Gasteiger partial charge in [0.1, 0.15) is 0 Å². The van der Waals surface area contributed by atoms with Crippen molar-refractivity contribution in [2.45, 2.75) is 39.7 Å². The largest absolute Gasteiger partial charge is 0.321 e. The lowest BCUT2D eigenvalue weighted by molar-refractivity contribution is 0.103. The monoisotopic (exact) mass is 353 g/mol. The molecule has 0 atom stereocenters. The van der Waals surface area contributed by atoms with Gasteiger partial charge in [-0.25, -0.2) is 0 Å². The zero-order valence-corrected chi connectivity index (χ0v) is 15.5. The lowest BCUT2D eigenvalue weighted by Gasteiger charge is -2.10. The Balaban J connectivity index is 1.79. The highest BCUT2D eigenvalue weighted by molar-refractivity contribution is 7.14. The summed E-state index contributed by atoms with van der Waals surface area (Å²) in [5.74, 6) is -0.0324. The molecule has 1 amide bonds. The van der Waals surface area contributed by atoms with E-state index in [0.717, 1.165) is 35.4 Å². The number of nitrogens with one attached hydrogen (secondary N) is 1. The zero-order valence-electron chi connectivity index (χ0n) is 14.7. The number of anilines is 1. The van der Waals surface area contributed by atoms with Crippen molar-refractivity contribution in [2.24, 2.45) is 0 Å². The average Bonchev–Trinajstić information content (AvgIpc) is 3.26. The summed E-state index contributed by atoms with van der Waals surface area (Å²) in [6.45, 7) is 4.95. The summed E-state index contributed by atoms with van der Waals surface area (Å²) in [5, 5.41) is 7.32. The predicted molar refractivity (Wildman–Crippen MR) is 103 cm³/mol. The molecule has 0 saturated heterocycles. The molecule has 0 aliphatic rings. The Bertz CT molecular complexity index is 837. The first kappa shape index (κ1) is 17.4. The molecule has 3 rings (SSSR count). The fourth-order valence-electron chi connectivity index (χ4n) is 2.85. The van der Waals surface area contributed by atoms with Gasteiger partial charge in [-0.15, -0.1) is 11.3 Å². The molecule has 0 fully saturated rings. The first-order valence-corrected chi connectivity index (χ1v) is 9.51. The van der Waals surface area contributed by atoms with E-state index in [9.17, 15) is 4.79 Å². The van der Waals surface area contributed by atoms with Gasteiger partial charge >= 0.3 is 0 Å². The Morgan fingerprint density at radius 1 is 1.20 bits per heavy atom. The van der Waals surface area contributed by atoms with Crippen LogP contribution in [-0.4, -0.2) is 15.7 Å². The quantitative estimate of drug-likeness (QED) is 0.666. The lowest BCUT2D eigenvalue weighted by atomic mass is 10.1. The van der Waals surface area contributed by atoms with E-state index < -0.39 is 0 Å². The van der Waals surface area contributed by atoms with Gasteiger partial charge in [0.25, 0.3) is 5.91 Å². The molecular weight excluding hydrogens is 330 g/mol. The Kier molecular flexibility index (Phi) is 5.66. The van der Waals surface area contributed by atoms with Crippen LogP contribution in [0.3, 0.4) is 0 Å². The first-order valence-electron chi connectivity index (χ1n) is 8.69. The fourth-order valence-corrected chi connectivity index (χ4v) is 4.10. The summed E-state index contributed by atoms with van der Waals surface area (Å²) in [4.78, 5) is 14.9. The summed E-state index contributed by atoms with van der Waals surface area (Å²) in [6.07, 6.45) is 6.78. The Hall–Kier alpha value is -2.40. The number of benzene rings is 1. The maximum Gasteiger partial charge on any atom is 0.265 e. The van der Waals surface area contributed by atoms with Crippen molar-refractivity contribution in [3.8, 4) is 0 Å². The summed E-state index contributed by atoms with van der Waals surface area (Å²) >= 11 is 1.62. The Morgan fingerprint density at radius 2 is 2.04 bits per heavy atom. The van der Waals surface area contributed by atoms with Crippen LogP contribution in [0.2, 0.25) is 0 Å². The van der Waals surface area contributed by atoms with Crippen molar-refractivity contribution < 1.29 is 4.79 Å². The van der Waals surface area contributed by atoms with Gasteiger partial charge in [0.15, 0.2) is 0 Å². The number of thiophene rings is 1. The zero-order chi connectivity index (χ0) is 17.6. The van der Waals surface area contributed by atoms with Crippen molar-refractivity contribution in [1.29, 1.82) is 0 Å². The van der Waals surface area contributed by atoms with Gasteiger partial charge in [0.05, 0.1) is 11.4 Å². The molecule has 0 saturated carbocycles. The van der Waals surface area contributed by atoms with Gasteiger partial charge < -0.3 is 5.32 Å². The lowest BCUT2D eigenvalue weighted by Crippen LogP contribution is -2.13. The highest BCUT2D eigenvalue weighted by Gasteiger charge is 2.15. The van der Waals surface area contributed by atoms with Gasteiger partial charge in [-0.1, -0.05) is 38.5 Å². The summed E-state index contributed by atoms with van der Waals surface area (Å²) in [6, 6.07) is 11.8. The number of hydrogen-bond donors (Lipinski definition) is 1. The van der Waals surface area contributed by atoms with E-state index in [4.69, 9.17) is 0 Å². The van der Waals surface area contributed by atoms with E-state index in [0.29, 0.717) is 6.54 Å². The van der Waals surface area contributed by atoms with Gasteiger partial charge in [0.2, 0.25) is 0 Å². The van der Waals surface area contributed by atoms with Crippen molar-refractivity contribution in [1.82, 2.24) is 9.78 Å². The van der Waals surface area contributed by atoms with Crippen LogP contribution in [0.4, 0.5) is 5.69 Å². The van der Waals surface area contributed by atoms with E-state index in [-0.39, 0.29) is 5.91 Å². The molecule has 0 aliphatic carbocycles. The molecule has 3 aromatic rings. The highest BCUT2D eigenvalue weighted by Crippen LogP contribution is 2.26. The molecule has 0 spiro atoms. The van der Waals surface area contributed by atoms with Crippen LogP contribution in [0.15, 0.2) is 48.8 Å². The number of hydrogen-bond acceptors (Lipinski definition) is 3. The second-order valence-electron chi connectivity index (χ2n) is 5.98. The first-order chi connectivity index (χ1) is 12.2. The number of carbonyl (C=O) groups is 1. The van der Waals surface area contributed by atoms with Crippen molar-refractivity contribution in [2.75, 3.05) is 5.32 Å². The van der Waals surface area contributed by atoms with Crippen LogP contribution in [0.5, 0.6) is 0 Å². The molecule has 0 radical (unpaired) electrons. The molecule has 1 N–H and O–H groups in total. The van der Waals surface area contributed by atoms with Crippen LogP contribution >= 0.6 is 11.3 Å². The second kappa shape index (κ2) is 8.12. The number of amides is 1. The maximum atomic E-state index is 12.7. The Morgan fingerprint density at radius 3 is 2.76 bits per heavy atom. The number of aryl methyl sites for hydroxylation is 2. The third-order valence-corrected chi connectivity index (χ3v) is 5.37. The summed E-state index contributed by atoms with van der Waals surface area (Å²) < 4.78 is 1.85. The number of para-hydroxylation sites is 1. The molecule has 0 bridgehead atoms. The van der Waals surface area contributed by atoms with Crippen molar-refractivity contribution >= 4 is 22.9 Å². The molecule has 0 aliphatic heterocycles. The third-order valence-electron chi connectivity index (χ3n) is 4.14. The molecular formula is C20H23N3OS. The molecule has 0 unspecified atom stereocenters. The normalized spacial score (nSPS) is 10.8. The molecule has 5 heteroatoms. The molecule has 4 nitrogen and oxygen atoms in total. The maximum absolute atomic E-state index is 12.7. The predicted octanol–water partition coefficient (Wildman–Crippen LogP) is 4.76. The van der Waals surface area contributed by atoms with Crippen LogP contribution in [-0.2, 0) is 19.4 Å². The van der Waals surface area contributed by atoms with E-state index in [1.807, 2.05) is 47.3 Å². The van der Waals surface area contributed by atoms with Gasteiger partial charge in [0, 0.05) is 23.0 Å². The number of rotatable bonds is 7. The average molecular weight is 353 g/mol. The topological polar surface area (TPSA) is 46.9 Å². The molecule has 25 heavy (non-hydrogen) atoms. The van der Waals surface area contributed by atoms with E-state index in [1.165, 1.54) is 10.4 Å². The molecule has 2 heterocycles. The minimum absolute atomic E-state index is 0.0324. The number of carbonyl (C=O) groups excluding carboxylic acids is 1. The van der Waals surface area contributed by atoms with Crippen molar-refractivity contribution in [3.63, 3.8) is 0 Å². The van der Waals surface area contributed by atoms with Crippen LogP contribution in [0, 0.1) is 0 Å². The second-order valence-corrected chi connectivity index (χ2v) is 7.11. The SMILES string of the molecule is CCCc1sc(C(=O)Nc2ccccc2Cn2cccn2)cc1CC. The highest BCUT2D eigenvalue weighted by atomic mass is 32.1. The molecule has 2 aromatic heterocycles.